The summed E-state index contributed by atoms with van der Waals surface area (Å²) in [5, 5.41) is 21.4. The number of primary amides is 1. The summed E-state index contributed by atoms with van der Waals surface area (Å²) in [5.41, 5.74) is 6.65. The Morgan fingerprint density at radius 2 is 1.84 bits per heavy atom. The topological polar surface area (TPSA) is 110 Å². The van der Waals surface area contributed by atoms with Crippen LogP contribution in [0.1, 0.15) is 30.2 Å². The number of non-ortho nitro benzene ring substituents is 1. The van der Waals surface area contributed by atoms with Crippen molar-refractivity contribution in [2.75, 3.05) is 13.1 Å². The number of nitro groups is 1. The van der Waals surface area contributed by atoms with E-state index < -0.39 is 16.9 Å². The van der Waals surface area contributed by atoms with Crippen LogP contribution in [0.5, 0.6) is 0 Å². The molecule has 0 saturated carbocycles. The first-order valence-corrected chi connectivity index (χ1v) is 7.88. The number of carbonyl (C=O) groups excluding carboxylic acids is 1. The molecule has 3 N–H and O–H groups in total. The molecule has 132 valence electrons. The van der Waals surface area contributed by atoms with E-state index in [0.29, 0.717) is 5.56 Å². The van der Waals surface area contributed by atoms with Gasteiger partial charge in [0, 0.05) is 24.7 Å². The summed E-state index contributed by atoms with van der Waals surface area (Å²) in [5.74, 6) is -0.506. The smallest absolute Gasteiger partial charge is 0.269 e. The number of amides is 1. The first-order valence-electron chi connectivity index (χ1n) is 7.88. The van der Waals surface area contributed by atoms with Crippen LogP contribution in [-0.4, -0.2) is 33.9 Å². The lowest BCUT2D eigenvalue weighted by Crippen LogP contribution is -2.38. The maximum Gasteiger partial charge on any atom is 0.269 e. The van der Waals surface area contributed by atoms with E-state index in [2.05, 4.69) is 0 Å². The third-order valence-corrected chi connectivity index (χ3v) is 4.06. The van der Waals surface area contributed by atoms with Gasteiger partial charge in [-0.3, -0.25) is 19.8 Å². The van der Waals surface area contributed by atoms with Crippen LogP contribution < -0.4 is 5.73 Å². The molecule has 7 nitrogen and oxygen atoms in total. The summed E-state index contributed by atoms with van der Waals surface area (Å²) in [6.07, 6.45) is -0.981. The number of benzene rings is 2. The van der Waals surface area contributed by atoms with Crippen LogP contribution in [0.25, 0.3) is 0 Å². The van der Waals surface area contributed by atoms with Gasteiger partial charge >= 0.3 is 0 Å². The van der Waals surface area contributed by atoms with Gasteiger partial charge in [-0.05, 0) is 18.1 Å². The standard InChI is InChI=1S/C18H21N3O4/c1-13(14-6-3-2-4-7-14)20(12-18(19)23)11-17(22)15-8-5-9-16(10-15)21(24)25/h2-10,13,17,22H,11-12H2,1H3,(H2,19,23)/t13-,17?/m1/s1. The van der Waals surface area contributed by atoms with Gasteiger partial charge in [-0.25, -0.2) is 0 Å². The van der Waals surface area contributed by atoms with E-state index >= 15 is 0 Å². The van der Waals surface area contributed by atoms with Crippen LogP contribution in [0.2, 0.25) is 0 Å². The number of nitro benzene ring substituents is 1. The molecule has 0 spiro atoms. The highest BCUT2D eigenvalue weighted by Crippen LogP contribution is 2.25. The van der Waals surface area contributed by atoms with Crippen molar-refractivity contribution >= 4 is 11.6 Å². The SMILES string of the molecule is C[C@H](c1ccccc1)N(CC(N)=O)CC(O)c1cccc([N+](=O)[O-])c1. The fourth-order valence-electron chi connectivity index (χ4n) is 2.68. The van der Waals surface area contributed by atoms with Gasteiger partial charge in [0.15, 0.2) is 0 Å². The lowest BCUT2D eigenvalue weighted by molar-refractivity contribution is -0.385. The van der Waals surface area contributed by atoms with E-state index in [0.717, 1.165) is 5.56 Å². The van der Waals surface area contributed by atoms with Crippen LogP contribution in [-0.2, 0) is 4.79 Å². The second-order valence-electron chi connectivity index (χ2n) is 5.85. The van der Waals surface area contributed by atoms with Crippen molar-refractivity contribution in [1.82, 2.24) is 4.90 Å². The minimum atomic E-state index is -0.981. The molecular weight excluding hydrogens is 322 g/mol. The summed E-state index contributed by atoms with van der Waals surface area (Å²) in [6, 6.07) is 15.2. The zero-order valence-corrected chi connectivity index (χ0v) is 13.9. The van der Waals surface area contributed by atoms with E-state index in [9.17, 15) is 20.0 Å². The van der Waals surface area contributed by atoms with Crippen molar-refractivity contribution in [3.63, 3.8) is 0 Å². The van der Waals surface area contributed by atoms with Gasteiger partial charge < -0.3 is 10.8 Å². The Morgan fingerprint density at radius 3 is 2.44 bits per heavy atom. The van der Waals surface area contributed by atoms with E-state index in [1.54, 1.807) is 11.0 Å². The number of rotatable bonds is 8. The molecule has 0 aromatic heterocycles. The molecule has 0 aliphatic heterocycles. The number of nitrogens with two attached hydrogens (primary N) is 1. The summed E-state index contributed by atoms with van der Waals surface area (Å²) in [6.45, 7) is 2.01. The Balaban J connectivity index is 2.20. The Hall–Kier alpha value is -2.77. The van der Waals surface area contributed by atoms with Gasteiger partial charge in [0.05, 0.1) is 17.6 Å². The van der Waals surface area contributed by atoms with Crippen molar-refractivity contribution in [1.29, 1.82) is 0 Å². The Bertz CT molecular complexity index is 736. The van der Waals surface area contributed by atoms with E-state index in [-0.39, 0.29) is 24.8 Å². The van der Waals surface area contributed by atoms with Crippen molar-refractivity contribution in [3.8, 4) is 0 Å². The lowest BCUT2D eigenvalue weighted by Gasteiger charge is -2.30. The predicted molar refractivity (Wildman–Crippen MR) is 93.7 cm³/mol. The molecule has 0 bridgehead atoms. The van der Waals surface area contributed by atoms with Gasteiger partial charge in [-0.2, -0.15) is 0 Å². The predicted octanol–water partition coefficient (Wildman–Crippen LogP) is 2.18. The van der Waals surface area contributed by atoms with Crippen molar-refractivity contribution in [3.05, 3.63) is 75.8 Å². The third kappa shape index (κ3) is 5.10. The molecule has 2 aromatic rings. The fraction of sp³-hybridized carbons (Fsp3) is 0.278. The fourth-order valence-corrected chi connectivity index (χ4v) is 2.68. The van der Waals surface area contributed by atoms with Crippen LogP contribution >= 0.6 is 0 Å². The molecule has 0 radical (unpaired) electrons. The zero-order chi connectivity index (χ0) is 18.4. The molecular formula is C18H21N3O4. The molecule has 7 heteroatoms. The maximum atomic E-state index is 11.4. The van der Waals surface area contributed by atoms with Crippen LogP contribution in [0, 0.1) is 10.1 Å². The molecule has 0 fully saturated rings. The number of hydrogen-bond acceptors (Lipinski definition) is 5. The molecule has 1 amide bonds. The van der Waals surface area contributed by atoms with Gasteiger partial charge in [-0.15, -0.1) is 0 Å². The number of aliphatic hydroxyl groups is 1. The van der Waals surface area contributed by atoms with Gasteiger partial charge in [0.1, 0.15) is 0 Å². The molecule has 0 saturated heterocycles. The lowest BCUT2D eigenvalue weighted by atomic mass is 10.0. The monoisotopic (exact) mass is 343 g/mol. The first kappa shape index (κ1) is 18.6. The molecule has 0 heterocycles. The van der Waals surface area contributed by atoms with Crippen LogP contribution in [0.4, 0.5) is 5.69 Å². The molecule has 0 aliphatic carbocycles. The maximum absolute atomic E-state index is 11.4. The van der Waals surface area contributed by atoms with E-state index in [1.807, 2.05) is 37.3 Å². The number of aliphatic hydroxyl groups excluding tert-OH is 1. The van der Waals surface area contributed by atoms with Crippen molar-refractivity contribution in [2.24, 2.45) is 5.73 Å². The molecule has 2 atom stereocenters. The summed E-state index contributed by atoms with van der Waals surface area (Å²) >= 11 is 0. The second kappa shape index (κ2) is 8.36. The highest BCUT2D eigenvalue weighted by molar-refractivity contribution is 5.76. The molecule has 0 aliphatic rings. The molecule has 1 unspecified atom stereocenters. The van der Waals surface area contributed by atoms with Gasteiger partial charge in [0.25, 0.3) is 5.69 Å². The quantitative estimate of drug-likeness (QED) is 0.564. The van der Waals surface area contributed by atoms with E-state index in [4.69, 9.17) is 5.73 Å². The Labute approximate surface area is 145 Å². The van der Waals surface area contributed by atoms with Crippen LogP contribution in [0.15, 0.2) is 54.6 Å². The molecule has 2 aromatic carbocycles. The third-order valence-electron chi connectivity index (χ3n) is 4.06. The molecule has 25 heavy (non-hydrogen) atoms. The number of nitrogens with zero attached hydrogens (tertiary/aromatic N) is 2. The number of hydrogen-bond donors (Lipinski definition) is 2. The normalized spacial score (nSPS) is 13.4. The summed E-state index contributed by atoms with van der Waals surface area (Å²) < 4.78 is 0. The average Bonchev–Trinajstić information content (AvgIpc) is 2.61. The minimum Gasteiger partial charge on any atom is -0.387 e. The highest BCUT2D eigenvalue weighted by atomic mass is 16.6. The van der Waals surface area contributed by atoms with Crippen LogP contribution in [0.3, 0.4) is 0 Å². The Morgan fingerprint density at radius 1 is 1.20 bits per heavy atom. The Kier molecular flexibility index (Phi) is 6.21. The second-order valence-corrected chi connectivity index (χ2v) is 5.85. The minimum absolute atomic E-state index is 0.0257. The summed E-state index contributed by atoms with van der Waals surface area (Å²) in [7, 11) is 0. The first-order chi connectivity index (χ1) is 11.9. The zero-order valence-electron chi connectivity index (χ0n) is 13.9. The largest absolute Gasteiger partial charge is 0.387 e. The van der Waals surface area contributed by atoms with Crippen molar-refractivity contribution < 1.29 is 14.8 Å². The van der Waals surface area contributed by atoms with Crippen molar-refractivity contribution in [2.45, 2.75) is 19.1 Å². The highest BCUT2D eigenvalue weighted by Gasteiger charge is 2.22. The van der Waals surface area contributed by atoms with Gasteiger partial charge in [0.2, 0.25) is 5.91 Å². The molecule has 2 rings (SSSR count). The summed E-state index contributed by atoms with van der Waals surface area (Å²) in [4.78, 5) is 23.5. The number of carbonyl (C=O) groups is 1. The average molecular weight is 343 g/mol. The van der Waals surface area contributed by atoms with Gasteiger partial charge in [-0.1, -0.05) is 42.5 Å². The van der Waals surface area contributed by atoms with E-state index in [1.165, 1.54) is 18.2 Å².